The summed E-state index contributed by atoms with van der Waals surface area (Å²) in [6.45, 7) is 5.03. The predicted octanol–water partition coefficient (Wildman–Crippen LogP) is 5.23. The molecule has 0 fully saturated rings. The third-order valence-electron chi connectivity index (χ3n) is 4.45. The third-order valence-corrected chi connectivity index (χ3v) is 4.45. The molecule has 0 aliphatic carbocycles. The van der Waals surface area contributed by atoms with Gasteiger partial charge in [-0.1, -0.05) is 30.3 Å². The molecule has 0 atom stereocenters. The summed E-state index contributed by atoms with van der Waals surface area (Å²) in [6, 6.07) is 20.4. The van der Waals surface area contributed by atoms with Crippen LogP contribution in [0.3, 0.4) is 0 Å². The van der Waals surface area contributed by atoms with Crippen LogP contribution in [0.1, 0.15) is 12.5 Å². The summed E-state index contributed by atoms with van der Waals surface area (Å²) in [5.74, 6) is 1.60. The van der Waals surface area contributed by atoms with Gasteiger partial charge in [0.1, 0.15) is 18.0 Å². The fourth-order valence-corrected chi connectivity index (χ4v) is 3.18. The van der Waals surface area contributed by atoms with Gasteiger partial charge in [0, 0.05) is 29.9 Å². The van der Waals surface area contributed by atoms with Crippen molar-refractivity contribution in [1.82, 2.24) is 15.0 Å². The summed E-state index contributed by atoms with van der Waals surface area (Å²) in [7, 11) is 0. The van der Waals surface area contributed by atoms with Crippen molar-refractivity contribution < 1.29 is 0 Å². The summed E-state index contributed by atoms with van der Waals surface area (Å²) in [5, 5.41) is 4.48. The molecule has 0 spiro atoms. The van der Waals surface area contributed by atoms with E-state index in [4.69, 9.17) is 0 Å². The number of aryl methyl sites for hydroxylation is 1. The number of pyridine rings is 1. The molecule has 0 saturated carbocycles. The van der Waals surface area contributed by atoms with Gasteiger partial charge >= 0.3 is 0 Å². The van der Waals surface area contributed by atoms with Crippen LogP contribution in [-0.4, -0.2) is 21.5 Å². The number of rotatable bonds is 5. The van der Waals surface area contributed by atoms with Crippen LogP contribution >= 0.6 is 0 Å². The molecule has 0 aliphatic rings. The Morgan fingerprint density at radius 2 is 1.78 bits per heavy atom. The second-order valence-electron chi connectivity index (χ2n) is 6.35. The van der Waals surface area contributed by atoms with Crippen molar-refractivity contribution in [2.24, 2.45) is 0 Å². The van der Waals surface area contributed by atoms with Crippen molar-refractivity contribution >= 4 is 33.9 Å². The third kappa shape index (κ3) is 3.58. The summed E-state index contributed by atoms with van der Waals surface area (Å²) in [4.78, 5) is 15.5. The highest BCUT2D eigenvalue weighted by atomic mass is 15.2. The molecule has 5 heteroatoms. The van der Waals surface area contributed by atoms with Crippen molar-refractivity contribution in [2.45, 2.75) is 13.8 Å². The highest BCUT2D eigenvalue weighted by Crippen LogP contribution is 2.28. The van der Waals surface area contributed by atoms with Gasteiger partial charge in [0.2, 0.25) is 0 Å². The Morgan fingerprint density at radius 3 is 2.63 bits per heavy atom. The van der Waals surface area contributed by atoms with Gasteiger partial charge in [0.05, 0.1) is 11.2 Å². The van der Waals surface area contributed by atoms with Crippen molar-refractivity contribution in [3.05, 3.63) is 78.8 Å². The van der Waals surface area contributed by atoms with Gasteiger partial charge in [-0.15, -0.1) is 0 Å². The lowest BCUT2D eigenvalue weighted by atomic mass is 10.2. The number of anilines is 4. The molecule has 1 N–H and O–H groups in total. The van der Waals surface area contributed by atoms with E-state index in [9.17, 15) is 0 Å². The summed E-state index contributed by atoms with van der Waals surface area (Å²) < 4.78 is 0. The number of fused-ring (bicyclic) bond motifs is 1. The first-order chi connectivity index (χ1) is 13.2. The van der Waals surface area contributed by atoms with Crippen LogP contribution in [0.2, 0.25) is 0 Å². The van der Waals surface area contributed by atoms with Crippen molar-refractivity contribution in [2.75, 3.05) is 16.8 Å². The number of benzene rings is 2. The lowest BCUT2D eigenvalue weighted by Gasteiger charge is -2.22. The molecule has 0 bridgehead atoms. The highest BCUT2D eigenvalue weighted by Gasteiger charge is 2.11. The van der Waals surface area contributed by atoms with Crippen LogP contribution in [0, 0.1) is 6.92 Å². The molecular weight excluding hydrogens is 334 g/mol. The van der Waals surface area contributed by atoms with Crippen molar-refractivity contribution in [3.63, 3.8) is 0 Å². The van der Waals surface area contributed by atoms with Crippen LogP contribution in [0.4, 0.5) is 23.0 Å². The fraction of sp³-hybridized carbons (Fsp3) is 0.136. The molecule has 2 aromatic heterocycles. The maximum Gasteiger partial charge on any atom is 0.138 e. The van der Waals surface area contributed by atoms with E-state index in [1.165, 1.54) is 5.56 Å². The van der Waals surface area contributed by atoms with E-state index < -0.39 is 0 Å². The zero-order valence-electron chi connectivity index (χ0n) is 15.4. The van der Waals surface area contributed by atoms with Crippen LogP contribution in [0.5, 0.6) is 0 Å². The van der Waals surface area contributed by atoms with Crippen LogP contribution in [-0.2, 0) is 0 Å². The Kier molecular flexibility index (Phi) is 4.66. The number of nitrogens with zero attached hydrogens (tertiary/aromatic N) is 4. The topological polar surface area (TPSA) is 53.9 Å². The molecule has 134 valence electrons. The van der Waals surface area contributed by atoms with Gasteiger partial charge < -0.3 is 10.2 Å². The van der Waals surface area contributed by atoms with Gasteiger partial charge in [-0.05, 0) is 43.7 Å². The number of hydrogen-bond donors (Lipinski definition) is 1. The van der Waals surface area contributed by atoms with E-state index in [-0.39, 0.29) is 0 Å². The Balaban J connectivity index is 1.68. The molecule has 2 aromatic carbocycles. The van der Waals surface area contributed by atoms with Gasteiger partial charge in [0.25, 0.3) is 0 Å². The first kappa shape index (κ1) is 17.0. The molecular formula is C22H21N5. The first-order valence-corrected chi connectivity index (χ1v) is 9.01. The van der Waals surface area contributed by atoms with Crippen LogP contribution in [0.25, 0.3) is 10.9 Å². The summed E-state index contributed by atoms with van der Waals surface area (Å²) in [6.07, 6.45) is 3.39. The minimum Gasteiger partial charge on any atom is -0.338 e. The van der Waals surface area contributed by atoms with E-state index in [0.717, 1.165) is 40.5 Å². The van der Waals surface area contributed by atoms with E-state index in [1.807, 2.05) is 24.3 Å². The van der Waals surface area contributed by atoms with Crippen molar-refractivity contribution in [3.8, 4) is 0 Å². The SMILES string of the molecule is CCN(c1cccc(C)c1)c1cc(Nc2cccc3cccnc23)ncn1. The average molecular weight is 355 g/mol. The maximum absolute atomic E-state index is 4.49. The molecule has 0 amide bonds. The van der Waals surface area contributed by atoms with Crippen molar-refractivity contribution in [1.29, 1.82) is 0 Å². The molecule has 0 radical (unpaired) electrons. The fourth-order valence-electron chi connectivity index (χ4n) is 3.18. The maximum atomic E-state index is 4.49. The molecule has 0 aliphatic heterocycles. The number of para-hydroxylation sites is 1. The number of aromatic nitrogens is 3. The lowest BCUT2D eigenvalue weighted by Crippen LogP contribution is -2.17. The standard InChI is InChI=1S/C22H21N5/c1-3-27(18-10-4-7-16(2)13-18)21-14-20(24-15-25-21)26-19-11-5-8-17-9-6-12-23-22(17)19/h4-15H,3H2,1-2H3,(H,24,25,26). The zero-order valence-corrected chi connectivity index (χ0v) is 15.4. The Hall–Kier alpha value is -3.47. The molecule has 5 nitrogen and oxygen atoms in total. The second kappa shape index (κ2) is 7.41. The average Bonchev–Trinajstić information content (AvgIpc) is 2.69. The summed E-state index contributed by atoms with van der Waals surface area (Å²) >= 11 is 0. The monoisotopic (exact) mass is 355 g/mol. The molecule has 0 saturated heterocycles. The highest BCUT2D eigenvalue weighted by molar-refractivity contribution is 5.91. The predicted molar refractivity (Wildman–Crippen MR) is 111 cm³/mol. The summed E-state index contributed by atoms with van der Waals surface area (Å²) in [5.41, 5.74) is 4.19. The van der Waals surface area contributed by atoms with Crippen LogP contribution < -0.4 is 10.2 Å². The van der Waals surface area contributed by atoms with Gasteiger partial charge in [-0.2, -0.15) is 0 Å². The number of nitrogens with one attached hydrogen (secondary N) is 1. The first-order valence-electron chi connectivity index (χ1n) is 9.01. The lowest BCUT2D eigenvalue weighted by molar-refractivity contribution is 0.976. The van der Waals surface area contributed by atoms with Gasteiger partial charge in [-0.25, -0.2) is 9.97 Å². The van der Waals surface area contributed by atoms with Gasteiger partial charge in [0.15, 0.2) is 0 Å². The quantitative estimate of drug-likeness (QED) is 0.531. The molecule has 0 unspecified atom stereocenters. The minimum absolute atomic E-state index is 0.740. The molecule has 4 aromatic rings. The Morgan fingerprint density at radius 1 is 0.926 bits per heavy atom. The van der Waals surface area contributed by atoms with E-state index >= 15 is 0 Å². The van der Waals surface area contributed by atoms with E-state index in [1.54, 1.807) is 12.5 Å². The molecule has 2 heterocycles. The zero-order chi connectivity index (χ0) is 18.6. The Bertz CT molecular complexity index is 1070. The van der Waals surface area contributed by atoms with Crippen LogP contribution in [0.15, 0.2) is 73.2 Å². The normalized spacial score (nSPS) is 10.7. The van der Waals surface area contributed by atoms with E-state index in [2.05, 4.69) is 75.4 Å². The second-order valence-corrected chi connectivity index (χ2v) is 6.35. The largest absolute Gasteiger partial charge is 0.338 e. The molecule has 27 heavy (non-hydrogen) atoms. The smallest absolute Gasteiger partial charge is 0.138 e. The van der Waals surface area contributed by atoms with E-state index in [0.29, 0.717) is 0 Å². The molecule has 4 rings (SSSR count). The Labute approximate surface area is 158 Å². The number of hydrogen-bond acceptors (Lipinski definition) is 5. The van der Waals surface area contributed by atoms with Gasteiger partial charge in [-0.3, -0.25) is 4.98 Å². The minimum atomic E-state index is 0.740.